The third kappa shape index (κ3) is 45.3. The summed E-state index contributed by atoms with van der Waals surface area (Å²) in [5.41, 5.74) is 0. The van der Waals surface area contributed by atoms with Crippen molar-refractivity contribution in [2.75, 3.05) is 47.5 Å². The lowest BCUT2D eigenvalue weighted by molar-refractivity contribution is -0.870. The van der Waals surface area contributed by atoms with Crippen LogP contribution in [0.15, 0.2) is 48.6 Å². The molecule has 0 heterocycles. The van der Waals surface area contributed by atoms with Gasteiger partial charge >= 0.3 is 19.8 Å². The van der Waals surface area contributed by atoms with E-state index < -0.39 is 26.5 Å². The Morgan fingerprint density at radius 3 is 1.41 bits per heavy atom. The molecule has 9 nitrogen and oxygen atoms in total. The van der Waals surface area contributed by atoms with Crippen molar-refractivity contribution in [2.24, 2.45) is 0 Å². The van der Waals surface area contributed by atoms with Crippen LogP contribution in [0.3, 0.4) is 0 Å². The minimum Gasteiger partial charge on any atom is -0.462 e. The molecule has 2 atom stereocenters. The molecule has 0 fully saturated rings. The van der Waals surface area contributed by atoms with Gasteiger partial charge in [-0.15, -0.1) is 0 Å². The van der Waals surface area contributed by atoms with Gasteiger partial charge in [-0.05, 0) is 51.4 Å². The Labute approximate surface area is 363 Å². The Hall–Kier alpha value is -2.03. The molecule has 1 N–H and O–H groups in total. The molecule has 0 aliphatic rings. The van der Waals surface area contributed by atoms with Crippen molar-refractivity contribution in [1.82, 2.24) is 0 Å². The first-order chi connectivity index (χ1) is 28.5. The van der Waals surface area contributed by atoms with E-state index in [1.54, 1.807) is 0 Å². The molecule has 0 aliphatic carbocycles. The number of carbonyl (C=O) groups is 2. The number of unbranched alkanes of at least 4 members (excludes halogenated alkanes) is 21. The molecule has 0 spiro atoms. The molecule has 59 heavy (non-hydrogen) atoms. The smallest absolute Gasteiger partial charge is 0.462 e. The van der Waals surface area contributed by atoms with Crippen molar-refractivity contribution in [3.63, 3.8) is 0 Å². The van der Waals surface area contributed by atoms with Gasteiger partial charge in [-0.2, -0.15) is 0 Å². The minimum absolute atomic E-state index is 0.0214. The van der Waals surface area contributed by atoms with E-state index in [0.29, 0.717) is 17.4 Å². The van der Waals surface area contributed by atoms with Crippen molar-refractivity contribution < 1.29 is 42.1 Å². The summed E-state index contributed by atoms with van der Waals surface area (Å²) in [7, 11) is 1.44. The fourth-order valence-corrected chi connectivity index (χ4v) is 7.10. The molecule has 0 saturated heterocycles. The number of allylic oxidation sites excluding steroid dienone is 8. The number of phosphoric ester groups is 1. The van der Waals surface area contributed by atoms with Gasteiger partial charge < -0.3 is 18.9 Å². The van der Waals surface area contributed by atoms with Crippen LogP contribution in [0, 0.1) is 0 Å². The van der Waals surface area contributed by atoms with Crippen molar-refractivity contribution in [3.8, 4) is 0 Å². The van der Waals surface area contributed by atoms with Crippen LogP contribution in [0.5, 0.6) is 0 Å². The number of quaternary nitrogens is 1. The van der Waals surface area contributed by atoms with E-state index in [1.165, 1.54) is 122 Å². The molecule has 0 saturated carbocycles. The Bertz CT molecular complexity index is 1150. The predicted octanol–water partition coefficient (Wildman–Crippen LogP) is 13.9. The number of carbonyl (C=O) groups excluding carboxylic acids is 2. The summed E-state index contributed by atoms with van der Waals surface area (Å²) in [5.74, 6) is -0.859. The summed E-state index contributed by atoms with van der Waals surface area (Å²) in [6, 6.07) is 0. The number of ether oxygens (including phenoxy) is 2. The van der Waals surface area contributed by atoms with E-state index in [1.807, 2.05) is 21.1 Å². The second-order valence-corrected chi connectivity index (χ2v) is 18.6. The van der Waals surface area contributed by atoms with Crippen LogP contribution in [0.4, 0.5) is 0 Å². The molecule has 0 aromatic rings. The zero-order chi connectivity index (χ0) is 43.6. The molecular weight excluding hydrogens is 762 g/mol. The Kier molecular flexibility index (Phi) is 39.9. The van der Waals surface area contributed by atoms with Crippen LogP contribution in [-0.2, 0) is 32.7 Å². The highest BCUT2D eigenvalue weighted by atomic mass is 31.2. The molecule has 1 unspecified atom stereocenters. The molecule has 0 amide bonds. The Balaban J connectivity index is 4.38. The fraction of sp³-hybridized carbons (Fsp3) is 0.796. The standard InChI is InChI=1S/C49H90NO8P/c1-6-8-10-12-14-16-18-20-22-24-26-27-29-31-33-35-37-39-41-48(51)55-45-47(46-57-59(53,54)56-44-43-50(3,4)5)58-49(52)42-40-38-36-34-32-30-28-25-23-21-19-17-15-13-11-9-7-2/h15,17,21,23,28,30,34,36,47H,6-14,16,18-20,22,24-27,29,31-33,35,37-46H2,1-5H3/p+1/b17-15-,23-21-,30-28-,36-34-/t47-/m1/s1. The molecule has 0 aromatic carbocycles. The van der Waals surface area contributed by atoms with Crippen LogP contribution in [0.1, 0.15) is 200 Å². The van der Waals surface area contributed by atoms with Crippen molar-refractivity contribution in [2.45, 2.75) is 206 Å². The number of phosphoric acid groups is 1. The molecular formula is C49H91NO8P+. The zero-order valence-corrected chi connectivity index (χ0v) is 39.6. The zero-order valence-electron chi connectivity index (χ0n) is 38.7. The van der Waals surface area contributed by atoms with Gasteiger partial charge in [0.15, 0.2) is 6.10 Å². The van der Waals surface area contributed by atoms with E-state index in [9.17, 15) is 19.0 Å². The van der Waals surface area contributed by atoms with Gasteiger partial charge in [0.05, 0.1) is 27.7 Å². The van der Waals surface area contributed by atoms with Gasteiger partial charge in [-0.1, -0.05) is 184 Å². The average Bonchev–Trinajstić information content (AvgIpc) is 3.19. The highest BCUT2D eigenvalue weighted by Gasteiger charge is 2.27. The molecule has 0 aromatic heterocycles. The molecule has 344 valence electrons. The lowest BCUT2D eigenvalue weighted by Gasteiger charge is -2.24. The third-order valence-corrected chi connectivity index (χ3v) is 11.1. The van der Waals surface area contributed by atoms with Crippen LogP contribution in [0.2, 0.25) is 0 Å². The van der Waals surface area contributed by atoms with Gasteiger partial charge in [0.25, 0.3) is 0 Å². The first-order valence-electron chi connectivity index (χ1n) is 23.9. The summed E-state index contributed by atoms with van der Waals surface area (Å²) < 4.78 is 34.3. The van der Waals surface area contributed by atoms with E-state index in [4.69, 9.17) is 18.5 Å². The lowest BCUT2D eigenvalue weighted by Crippen LogP contribution is -2.37. The largest absolute Gasteiger partial charge is 0.472 e. The summed E-state index contributed by atoms with van der Waals surface area (Å²) >= 11 is 0. The van der Waals surface area contributed by atoms with Crippen LogP contribution >= 0.6 is 7.82 Å². The molecule has 0 bridgehead atoms. The van der Waals surface area contributed by atoms with Gasteiger partial charge in [0, 0.05) is 12.8 Å². The summed E-state index contributed by atoms with van der Waals surface area (Å²) in [4.78, 5) is 35.4. The number of rotatable bonds is 43. The van der Waals surface area contributed by atoms with E-state index in [2.05, 4.69) is 62.5 Å². The second kappa shape index (κ2) is 41.3. The maximum Gasteiger partial charge on any atom is 0.472 e. The summed E-state index contributed by atoms with van der Waals surface area (Å²) in [6.45, 7) is 4.35. The number of hydrogen-bond acceptors (Lipinski definition) is 7. The molecule has 0 aliphatic heterocycles. The van der Waals surface area contributed by atoms with Crippen LogP contribution < -0.4 is 0 Å². The summed E-state index contributed by atoms with van der Waals surface area (Å²) in [5, 5.41) is 0. The van der Waals surface area contributed by atoms with Crippen LogP contribution in [-0.4, -0.2) is 74.9 Å². The van der Waals surface area contributed by atoms with Gasteiger partial charge in [-0.25, -0.2) is 4.57 Å². The first kappa shape index (κ1) is 57.0. The highest BCUT2D eigenvalue weighted by molar-refractivity contribution is 7.47. The molecule has 0 radical (unpaired) electrons. The van der Waals surface area contributed by atoms with Crippen molar-refractivity contribution >= 4 is 19.8 Å². The number of hydrogen-bond donors (Lipinski definition) is 1. The minimum atomic E-state index is -4.39. The second-order valence-electron chi connectivity index (χ2n) is 17.1. The Morgan fingerprint density at radius 2 is 0.932 bits per heavy atom. The van der Waals surface area contributed by atoms with E-state index >= 15 is 0 Å². The van der Waals surface area contributed by atoms with Crippen molar-refractivity contribution in [1.29, 1.82) is 0 Å². The highest BCUT2D eigenvalue weighted by Crippen LogP contribution is 2.43. The van der Waals surface area contributed by atoms with Gasteiger partial charge in [0.2, 0.25) is 0 Å². The molecule has 0 rings (SSSR count). The normalized spacial score (nSPS) is 13.9. The predicted molar refractivity (Wildman–Crippen MR) is 247 cm³/mol. The number of nitrogens with zero attached hydrogens (tertiary/aromatic N) is 1. The maximum atomic E-state index is 12.7. The summed E-state index contributed by atoms with van der Waals surface area (Å²) in [6.07, 6.45) is 48.8. The van der Waals surface area contributed by atoms with E-state index in [0.717, 1.165) is 44.9 Å². The Morgan fingerprint density at radius 1 is 0.525 bits per heavy atom. The van der Waals surface area contributed by atoms with E-state index in [-0.39, 0.29) is 32.0 Å². The SMILES string of the molecule is CCCCC/C=C\C/C=C\C/C=C\C/C=C\CCCC(=O)O[C@H](COC(=O)CCCCCCCCCCCCCCCCCCCC)COP(=O)(O)OCC[N+](C)(C)C. The molecule has 10 heteroatoms. The van der Waals surface area contributed by atoms with Crippen LogP contribution in [0.25, 0.3) is 0 Å². The van der Waals surface area contributed by atoms with Gasteiger partial charge in [0.1, 0.15) is 19.8 Å². The quantitative estimate of drug-likeness (QED) is 0.0212. The topological polar surface area (TPSA) is 108 Å². The average molecular weight is 853 g/mol. The maximum absolute atomic E-state index is 12.7. The fourth-order valence-electron chi connectivity index (χ4n) is 6.36. The number of esters is 2. The first-order valence-corrected chi connectivity index (χ1v) is 25.4. The van der Waals surface area contributed by atoms with Gasteiger partial charge in [-0.3, -0.25) is 18.6 Å². The monoisotopic (exact) mass is 853 g/mol. The lowest BCUT2D eigenvalue weighted by atomic mass is 10.0. The number of likely N-dealkylation sites (N-methyl/N-ethyl adjacent to an activating group) is 1. The third-order valence-electron chi connectivity index (χ3n) is 10.1. The van der Waals surface area contributed by atoms with Crippen molar-refractivity contribution in [3.05, 3.63) is 48.6 Å².